The van der Waals surface area contributed by atoms with Gasteiger partial charge in [-0.3, -0.25) is 0 Å². The van der Waals surface area contributed by atoms with Crippen LogP contribution in [0, 0.1) is 0 Å². The molecule has 6 nitrogen and oxygen atoms in total. The molecule has 1 atom stereocenters. The van der Waals surface area contributed by atoms with E-state index >= 15 is 0 Å². The van der Waals surface area contributed by atoms with Gasteiger partial charge >= 0.3 is 14.7 Å². The van der Waals surface area contributed by atoms with Crippen molar-refractivity contribution in [2.75, 3.05) is 0 Å². The summed E-state index contributed by atoms with van der Waals surface area (Å²) in [7, 11) is -8.34. The fourth-order valence-electron chi connectivity index (χ4n) is 0.0298. The monoisotopic (exact) mass is 160 g/mol. The van der Waals surface area contributed by atoms with E-state index in [9.17, 15) is 13.7 Å². The van der Waals surface area contributed by atoms with Crippen molar-refractivity contribution in [2.45, 2.75) is 0 Å². The third-order valence-electron chi connectivity index (χ3n) is 0.313. The molecule has 0 radical (unpaired) electrons. The molecular formula is H2O6P2. The molecule has 0 amide bonds. The zero-order chi connectivity index (χ0) is 6.78. The van der Waals surface area contributed by atoms with Gasteiger partial charge in [0.15, 0.2) is 0 Å². The molecule has 0 spiro atoms. The molecule has 0 rings (SSSR count). The summed E-state index contributed by atoms with van der Waals surface area (Å²) in [6.45, 7) is 0. The molecule has 0 fully saturated rings. The average Bonchev–Trinajstić information content (AvgIpc) is 1.67. The van der Waals surface area contributed by atoms with Crippen LogP contribution in [0.1, 0.15) is 0 Å². The van der Waals surface area contributed by atoms with Gasteiger partial charge in [0.1, 0.15) is 0 Å². The van der Waals surface area contributed by atoms with Crippen molar-refractivity contribution in [1.82, 2.24) is 0 Å². The predicted octanol–water partition coefficient (Wildman–Crippen LogP) is 0.749. The molecule has 8 heteroatoms. The first kappa shape index (κ1) is 8.01. The summed E-state index contributed by atoms with van der Waals surface area (Å²) in [6, 6.07) is 0. The van der Waals surface area contributed by atoms with E-state index in [1.54, 1.807) is 0 Å². The first-order chi connectivity index (χ1) is 3.50. The van der Waals surface area contributed by atoms with Crippen molar-refractivity contribution in [2.24, 2.45) is 0 Å². The highest BCUT2D eigenvalue weighted by Crippen LogP contribution is 2.58. The Labute approximate surface area is 44.3 Å². The maximum Gasteiger partial charge on any atom is 0.475 e. The van der Waals surface area contributed by atoms with Crippen LogP contribution in [0.15, 0.2) is 0 Å². The summed E-state index contributed by atoms with van der Waals surface area (Å²) in [5.74, 6) is 0. The molecular weight excluding hydrogens is 158 g/mol. The highest BCUT2D eigenvalue weighted by atomic mass is 32.1. The smallest absolute Gasteiger partial charge is 0.312 e. The molecule has 0 aromatic rings. The van der Waals surface area contributed by atoms with Gasteiger partial charge in [0, 0.05) is 0 Å². The van der Waals surface area contributed by atoms with Gasteiger partial charge in [-0.15, -0.1) is 4.67 Å². The summed E-state index contributed by atoms with van der Waals surface area (Å²) in [5, 5.41) is 7.37. The Bertz CT molecular complexity index is 167. The Hall–Kier alpha value is 0.01000. The van der Waals surface area contributed by atoms with Gasteiger partial charge in [-0.05, 0) is 0 Å². The van der Waals surface area contributed by atoms with Crippen molar-refractivity contribution in [3.8, 4) is 0 Å². The van der Waals surface area contributed by atoms with Crippen molar-refractivity contribution < 1.29 is 28.5 Å². The van der Waals surface area contributed by atoms with Gasteiger partial charge in [-0.1, -0.05) is 0 Å². The Morgan fingerprint density at radius 3 is 1.88 bits per heavy atom. The molecule has 0 aliphatic carbocycles. The van der Waals surface area contributed by atoms with Gasteiger partial charge in [-0.25, -0.2) is 19.0 Å². The summed E-state index contributed by atoms with van der Waals surface area (Å²) in [5.41, 5.74) is 0. The van der Waals surface area contributed by atoms with Crippen molar-refractivity contribution in [3.63, 3.8) is 0 Å². The van der Waals surface area contributed by atoms with Crippen LogP contribution in [0.4, 0.5) is 0 Å². The van der Waals surface area contributed by atoms with Gasteiger partial charge in [0.2, 0.25) is 0 Å². The minimum Gasteiger partial charge on any atom is -0.312 e. The summed E-state index contributed by atoms with van der Waals surface area (Å²) >= 11 is 0. The van der Waals surface area contributed by atoms with E-state index in [2.05, 4.69) is 4.67 Å². The molecule has 0 aliphatic heterocycles. The fourth-order valence-corrected chi connectivity index (χ4v) is 0.268. The van der Waals surface area contributed by atoms with Crippen LogP contribution in [0.5, 0.6) is 0 Å². The molecule has 0 saturated carbocycles. The number of hydrogen-bond donors (Lipinski definition) is 2. The normalized spacial score (nSPS) is 17.2. The maximum absolute atomic E-state index is 9.77. The van der Waals surface area contributed by atoms with E-state index < -0.39 is 14.7 Å². The lowest BCUT2D eigenvalue weighted by molar-refractivity contribution is -0.141. The van der Waals surface area contributed by atoms with E-state index in [0.29, 0.717) is 0 Å². The SMILES string of the molecule is O=P(=O)P(=O)(O)OO. The first-order valence-electron chi connectivity index (χ1n) is 1.31. The standard InChI is InChI=1S/H2O6P2/c1-6-8(4,5)7(2)3/h1H,(H,4,5). The summed E-state index contributed by atoms with van der Waals surface area (Å²) in [6.07, 6.45) is 0. The van der Waals surface area contributed by atoms with Gasteiger partial charge in [0.25, 0.3) is 0 Å². The topological polar surface area (TPSA) is 101 Å². The van der Waals surface area contributed by atoms with Crippen molar-refractivity contribution in [1.29, 1.82) is 0 Å². The van der Waals surface area contributed by atoms with E-state index in [0.717, 1.165) is 0 Å². The highest BCUT2D eigenvalue weighted by molar-refractivity contribution is 8.17. The van der Waals surface area contributed by atoms with E-state index in [1.165, 1.54) is 0 Å². The lowest BCUT2D eigenvalue weighted by atomic mass is 15.0. The second-order valence-corrected chi connectivity index (χ2v) is 4.93. The molecule has 0 bridgehead atoms. The minimum atomic E-state index is -4.74. The zero-order valence-electron chi connectivity index (χ0n) is 3.42. The first-order valence-corrected chi connectivity index (χ1v) is 4.77. The second kappa shape index (κ2) is 2.53. The van der Waals surface area contributed by atoms with Crippen molar-refractivity contribution in [3.05, 3.63) is 0 Å². The lowest BCUT2D eigenvalue weighted by Crippen LogP contribution is -1.72. The molecule has 48 valence electrons. The van der Waals surface area contributed by atoms with Crippen LogP contribution in [0.25, 0.3) is 0 Å². The third-order valence-corrected chi connectivity index (χ3v) is 2.40. The van der Waals surface area contributed by atoms with Crippen LogP contribution >= 0.6 is 14.7 Å². The molecule has 0 aromatic heterocycles. The molecule has 0 saturated heterocycles. The Morgan fingerprint density at radius 2 is 1.88 bits per heavy atom. The molecule has 2 N–H and O–H groups in total. The Balaban J connectivity index is 4.39. The van der Waals surface area contributed by atoms with Crippen LogP contribution < -0.4 is 0 Å². The van der Waals surface area contributed by atoms with E-state index in [4.69, 9.17) is 10.2 Å². The predicted molar refractivity (Wildman–Crippen MR) is 21.8 cm³/mol. The van der Waals surface area contributed by atoms with E-state index in [1.807, 2.05) is 0 Å². The van der Waals surface area contributed by atoms with E-state index in [-0.39, 0.29) is 0 Å². The highest BCUT2D eigenvalue weighted by Gasteiger charge is 2.27. The second-order valence-electron chi connectivity index (χ2n) is 0.810. The van der Waals surface area contributed by atoms with Crippen LogP contribution in [0.2, 0.25) is 0 Å². The zero-order valence-corrected chi connectivity index (χ0v) is 5.21. The summed E-state index contributed by atoms with van der Waals surface area (Å²) in [4.78, 5) is 7.89. The number of rotatable bonds is 2. The number of hydrogen-bond acceptors (Lipinski definition) is 5. The van der Waals surface area contributed by atoms with Crippen LogP contribution in [-0.4, -0.2) is 10.2 Å². The molecule has 0 aliphatic rings. The quantitative estimate of drug-likeness (QED) is 0.351. The van der Waals surface area contributed by atoms with Gasteiger partial charge in [-0.2, -0.15) is 0 Å². The minimum absolute atomic E-state index is 2.71. The molecule has 0 aromatic carbocycles. The van der Waals surface area contributed by atoms with Crippen LogP contribution in [-0.2, 0) is 18.4 Å². The average molecular weight is 160 g/mol. The summed E-state index contributed by atoms with van der Waals surface area (Å²) < 4.78 is 31.5. The maximum atomic E-state index is 9.77. The van der Waals surface area contributed by atoms with Gasteiger partial charge < -0.3 is 4.89 Å². The Morgan fingerprint density at radius 1 is 1.50 bits per heavy atom. The third kappa shape index (κ3) is 1.86. The fraction of sp³-hybridized carbons (Fsp3) is 0. The molecule has 1 unspecified atom stereocenters. The Kier molecular flexibility index (Phi) is 2.53. The van der Waals surface area contributed by atoms with Gasteiger partial charge in [0.05, 0.1) is 0 Å². The molecule has 0 heterocycles. The largest absolute Gasteiger partial charge is 0.475 e. The lowest BCUT2D eigenvalue weighted by Gasteiger charge is -1.90. The van der Waals surface area contributed by atoms with Crippen LogP contribution in [0.3, 0.4) is 0 Å². The van der Waals surface area contributed by atoms with Crippen molar-refractivity contribution >= 4 is 14.7 Å². The molecule has 8 heavy (non-hydrogen) atoms.